The summed E-state index contributed by atoms with van der Waals surface area (Å²) in [6.07, 6.45) is 0. The van der Waals surface area contributed by atoms with E-state index in [-0.39, 0.29) is 5.91 Å². The minimum Gasteiger partial charge on any atom is -0.322 e. The Morgan fingerprint density at radius 1 is 0.950 bits per heavy atom. The van der Waals surface area contributed by atoms with Crippen LogP contribution in [0.3, 0.4) is 0 Å². The van der Waals surface area contributed by atoms with E-state index in [9.17, 15) is 4.79 Å². The number of carbonyl (C=O) groups excluding carboxylic acids is 1. The molecule has 0 spiro atoms. The fraction of sp³-hybridized carbons (Fsp3) is 0.235. The Morgan fingerprint density at radius 2 is 1.55 bits per heavy atom. The summed E-state index contributed by atoms with van der Waals surface area (Å²) in [5.41, 5.74) is 5.93. The summed E-state index contributed by atoms with van der Waals surface area (Å²) in [6, 6.07) is 10.1. The first-order valence-electron chi connectivity index (χ1n) is 6.54. The number of benzene rings is 2. The second-order valence-electron chi connectivity index (χ2n) is 5.19. The third kappa shape index (κ3) is 3.20. The van der Waals surface area contributed by atoms with Crippen molar-refractivity contribution < 1.29 is 4.79 Å². The molecule has 0 saturated heterocycles. The third-order valence-electron chi connectivity index (χ3n) is 3.34. The molecule has 0 bridgehead atoms. The number of nitrogens with one attached hydrogen (secondary N) is 1. The Kier molecular flexibility index (Phi) is 4.48. The first kappa shape index (κ1) is 15.0. The molecule has 2 rings (SSSR count). The van der Waals surface area contributed by atoms with Crippen LogP contribution in [-0.2, 0) is 0 Å². The summed E-state index contributed by atoms with van der Waals surface area (Å²) in [5.74, 6) is -0.0377. The van der Waals surface area contributed by atoms with Crippen LogP contribution >= 0.6 is 22.6 Å². The minimum absolute atomic E-state index is 0.0377. The van der Waals surface area contributed by atoms with Gasteiger partial charge in [-0.3, -0.25) is 4.79 Å². The fourth-order valence-electron chi connectivity index (χ4n) is 2.49. The molecule has 104 valence electrons. The van der Waals surface area contributed by atoms with Gasteiger partial charge >= 0.3 is 0 Å². The maximum absolute atomic E-state index is 12.5. The van der Waals surface area contributed by atoms with Crippen molar-refractivity contribution in [3.8, 4) is 0 Å². The van der Waals surface area contributed by atoms with Crippen LogP contribution in [0, 0.1) is 31.3 Å². The van der Waals surface area contributed by atoms with Crippen LogP contribution in [0.25, 0.3) is 0 Å². The average Bonchev–Trinajstić information content (AvgIpc) is 2.31. The number of anilines is 1. The van der Waals surface area contributed by atoms with Crippen molar-refractivity contribution in [1.82, 2.24) is 0 Å². The standard InChI is InChI=1S/C17H18INO/c1-10-7-12(3)16(13(4)8-10)17(20)19-15-6-5-14(18)9-11(15)2/h5-9H,1-4H3,(H,19,20). The van der Waals surface area contributed by atoms with E-state index in [2.05, 4.69) is 34.0 Å². The van der Waals surface area contributed by atoms with E-state index < -0.39 is 0 Å². The number of hydrogen-bond donors (Lipinski definition) is 1. The second-order valence-corrected chi connectivity index (χ2v) is 6.43. The summed E-state index contributed by atoms with van der Waals surface area (Å²) < 4.78 is 1.17. The van der Waals surface area contributed by atoms with E-state index in [4.69, 9.17) is 0 Å². The number of halogens is 1. The molecule has 20 heavy (non-hydrogen) atoms. The SMILES string of the molecule is Cc1cc(C)c(C(=O)Nc2ccc(I)cc2C)c(C)c1. The van der Waals surface area contributed by atoms with Gasteiger partial charge in [0.1, 0.15) is 0 Å². The smallest absolute Gasteiger partial charge is 0.256 e. The molecule has 1 amide bonds. The zero-order valence-corrected chi connectivity index (χ0v) is 14.3. The Morgan fingerprint density at radius 3 is 2.10 bits per heavy atom. The van der Waals surface area contributed by atoms with Gasteiger partial charge in [-0.15, -0.1) is 0 Å². The van der Waals surface area contributed by atoms with Gasteiger partial charge in [0.15, 0.2) is 0 Å². The second kappa shape index (κ2) is 5.95. The van der Waals surface area contributed by atoms with Crippen LogP contribution in [0.1, 0.15) is 32.6 Å². The van der Waals surface area contributed by atoms with Crippen molar-refractivity contribution in [3.05, 3.63) is 61.7 Å². The molecule has 2 aromatic rings. The van der Waals surface area contributed by atoms with E-state index in [1.165, 1.54) is 9.13 Å². The number of aryl methyl sites for hydroxylation is 4. The van der Waals surface area contributed by atoms with Crippen molar-refractivity contribution >= 4 is 34.2 Å². The van der Waals surface area contributed by atoms with Gasteiger partial charge in [-0.2, -0.15) is 0 Å². The van der Waals surface area contributed by atoms with Gasteiger partial charge in [0.25, 0.3) is 5.91 Å². The molecule has 1 N–H and O–H groups in total. The van der Waals surface area contributed by atoms with Crippen LogP contribution in [-0.4, -0.2) is 5.91 Å². The van der Waals surface area contributed by atoms with Crippen LogP contribution in [0.2, 0.25) is 0 Å². The van der Waals surface area contributed by atoms with Crippen molar-refractivity contribution in [2.24, 2.45) is 0 Å². The lowest BCUT2D eigenvalue weighted by molar-refractivity contribution is 0.102. The molecule has 0 radical (unpaired) electrons. The topological polar surface area (TPSA) is 29.1 Å². The lowest BCUT2D eigenvalue weighted by atomic mass is 9.99. The van der Waals surface area contributed by atoms with Crippen molar-refractivity contribution in [1.29, 1.82) is 0 Å². The van der Waals surface area contributed by atoms with Gasteiger partial charge in [-0.1, -0.05) is 17.7 Å². The molecule has 0 aliphatic carbocycles. The van der Waals surface area contributed by atoms with Crippen molar-refractivity contribution in [2.75, 3.05) is 5.32 Å². The molecule has 0 atom stereocenters. The molecule has 0 aliphatic rings. The average molecular weight is 379 g/mol. The summed E-state index contributed by atoms with van der Waals surface area (Å²) in [5, 5.41) is 3.01. The van der Waals surface area contributed by atoms with Crippen LogP contribution in [0.4, 0.5) is 5.69 Å². The Balaban J connectivity index is 2.33. The molecule has 0 unspecified atom stereocenters. The zero-order valence-electron chi connectivity index (χ0n) is 12.2. The molecule has 0 fully saturated rings. The maximum atomic E-state index is 12.5. The first-order chi connectivity index (χ1) is 9.38. The molecule has 2 aromatic carbocycles. The highest BCUT2D eigenvalue weighted by Gasteiger charge is 2.13. The van der Waals surface area contributed by atoms with Gasteiger partial charge in [0, 0.05) is 14.8 Å². The summed E-state index contributed by atoms with van der Waals surface area (Å²) in [4.78, 5) is 12.5. The Labute approximate surface area is 133 Å². The molecular weight excluding hydrogens is 361 g/mol. The molecule has 0 aliphatic heterocycles. The fourth-order valence-corrected chi connectivity index (χ4v) is 3.14. The van der Waals surface area contributed by atoms with E-state index in [0.717, 1.165) is 27.9 Å². The van der Waals surface area contributed by atoms with E-state index >= 15 is 0 Å². The highest BCUT2D eigenvalue weighted by molar-refractivity contribution is 14.1. The molecular formula is C17H18INO. The van der Waals surface area contributed by atoms with Gasteiger partial charge in [0.05, 0.1) is 0 Å². The molecule has 0 saturated carbocycles. The third-order valence-corrected chi connectivity index (χ3v) is 4.01. The van der Waals surface area contributed by atoms with Crippen molar-refractivity contribution in [2.45, 2.75) is 27.7 Å². The van der Waals surface area contributed by atoms with Crippen LogP contribution in [0.5, 0.6) is 0 Å². The quantitative estimate of drug-likeness (QED) is 0.748. The summed E-state index contributed by atoms with van der Waals surface area (Å²) in [7, 11) is 0. The summed E-state index contributed by atoms with van der Waals surface area (Å²) >= 11 is 2.27. The highest BCUT2D eigenvalue weighted by Crippen LogP contribution is 2.21. The van der Waals surface area contributed by atoms with Crippen LogP contribution in [0.15, 0.2) is 30.3 Å². The lowest BCUT2D eigenvalue weighted by Crippen LogP contribution is -2.16. The van der Waals surface area contributed by atoms with Gasteiger partial charge in [-0.05, 0) is 85.2 Å². The minimum atomic E-state index is -0.0377. The lowest BCUT2D eigenvalue weighted by Gasteiger charge is -2.13. The Bertz CT molecular complexity index is 654. The van der Waals surface area contributed by atoms with E-state index in [1.807, 2.05) is 52.0 Å². The van der Waals surface area contributed by atoms with E-state index in [0.29, 0.717) is 0 Å². The molecule has 2 nitrogen and oxygen atoms in total. The van der Waals surface area contributed by atoms with Gasteiger partial charge < -0.3 is 5.32 Å². The predicted octanol–water partition coefficient (Wildman–Crippen LogP) is 4.78. The zero-order chi connectivity index (χ0) is 14.9. The number of hydrogen-bond acceptors (Lipinski definition) is 1. The highest BCUT2D eigenvalue weighted by atomic mass is 127. The van der Waals surface area contributed by atoms with E-state index in [1.54, 1.807) is 0 Å². The maximum Gasteiger partial charge on any atom is 0.256 e. The predicted molar refractivity (Wildman–Crippen MR) is 92.5 cm³/mol. The normalized spacial score (nSPS) is 10.4. The molecule has 0 heterocycles. The first-order valence-corrected chi connectivity index (χ1v) is 7.61. The Hall–Kier alpha value is -1.36. The number of carbonyl (C=O) groups is 1. The van der Waals surface area contributed by atoms with Crippen LogP contribution < -0.4 is 5.32 Å². The van der Waals surface area contributed by atoms with Gasteiger partial charge in [0.2, 0.25) is 0 Å². The summed E-state index contributed by atoms with van der Waals surface area (Å²) in [6.45, 7) is 8.02. The largest absolute Gasteiger partial charge is 0.322 e. The molecule has 0 aromatic heterocycles. The van der Waals surface area contributed by atoms with Crippen molar-refractivity contribution in [3.63, 3.8) is 0 Å². The molecule has 3 heteroatoms. The monoisotopic (exact) mass is 379 g/mol. The van der Waals surface area contributed by atoms with Gasteiger partial charge in [-0.25, -0.2) is 0 Å². The number of amides is 1. The number of rotatable bonds is 2.